The third-order valence-electron chi connectivity index (χ3n) is 5.89. The highest BCUT2D eigenvalue weighted by Gasteiger charge is 2.20. The summed E-state index contributed by atoms with van der Waals surface area (Å²) >= 11 is 0. The van der Waals surface area contributed by atoms with Crippen LogP contribution in [0.5, 0.6) is 5.75 Å². The van der Waals surface area contributed by atoms with Crippen LogP contribution in [0.1, 0.15) is 30.9 Å². The summed E-state index contributed by atoms with van der Waals surface area (Å²) in [5.74, 6) is 0.0834. The lowest BCUT2D eigenvalue weighted by Gasteiger charge is -2.31. The number of amides is 2. The number of nitrogens with two attached hydrogens (primary N) is 1. The van der Waals surface area contributed by atoms with Crippen LogP contribution in [0, 0.1) is 5.92 Å². The molecule has 3 rings (SSSR count). The molecule has 1 aliphatic rings. The van der Waals surface area contributed by atoms with Crippen LogP contribution in [-0.4, -0.2) is 55.6 Å². The molecule has 0 saturated carbocycles. The molecule has 2 aromatic rings. The maximum atomic E-state index is 12.6. The van der Waals surface area contributed by atoms with Crippen molar-refractivity contribution in [2.45, 2.75) is 38.8 Å². The summed E-state index contributed by atoms with van der Waals surface area (Å²) in [7, 11) is 0. The predicted molar refractivity (Wildman–Crippen MR) is 128 cm³/mol. The summed E-state index contributed by atoms with van der Waals surface area (Å²) < 4.78 is 11.3. The van der Waals surface area contributed by atoms with Gasteiger partial charge in [0.25, 0.3) is 0 Å². The lowest BCUT2D eigenvalue weighted by Crippen LogP contribution is -2.48. The zero-order chi connectivity index (χ0) is 23.5. The number of nitrogens with one attached hydrogen (secondary N) is 1. The van der Waals surface area contributed by atoms with Crippen LogP contribution < -0.4 is 15.8 Å². The Hall–Kier alpha value is -2.90. The summed E-state index contributed by atoms with van der Waals surface area (Å²) in [4.78, 5) is 26.1. The largest absolute Gasteiger partial charge is 0.489 e. The van der Waals surface area contributed by atoms with E-state index >= 15 is 0 Å². The van der Waals surface area contributed by atoms with Crippen molar-refractivity contribution in [2.75, 3.05) is 32.8 Å². The van der Waals surface area contributed by atoms with Gasteiger partial charge in [-0.15, -0.1) is 0 Å². The Morgan fingerprint density at radius 1 is 1.06 bits per heavy atom. The summed E-state index contributed by atoms with van der Waals surface area (Å²) in [5, 5.41) is 3.16. The van der Waals surface area contributed by atoms with Gasteiger partial charge in [0.2, 0.25) is 11.8 Å². The zero-order valence-electron chi connectivity index (χ0n) is 19.4. The standard InChI is InChI=1S/C26H35N3O4/c1-20(26(27)31)7-12-25(30)28-23(18-29-13-15-32-16-14-29)17-21-8-10-24(11-9-21)33-19-22-5-3-2-4-6-22/h2-6,8-11,20,23H,7,12-19H2,1H3,(H2,27,31)(H,28,30). The summed E-state index contributed by atoms with van der Waals surface area (Å²) in [6.07, 6.45) is 1.46. The molecule has 7 heteroatoms. The van der Waals surface area contributed by atoms with Crippen LogP contribution >= 0.6 is 0 Å². The van der Waals surface area contributed by atoms with Crippen LogP contribution in [0.4, 0.5) is 0 Å². The molecule has 1 heterocycles. The molecule has 2 aromatic carbocycles. The van der Waals surface area contributed by atoms with Crippen LogP contribution in [-0.2, 0) is 27.4 Å². The zero-order valence-corrected chi connectivity index (χ0v) is 19.4. The van der Waals surface area contributed by atoms with E-state index in [0.717, 1.165) is 36.5 Å². The van der Waals surface area contributed by atoms with Gasteiger partial charge in [-0.3, -0.25) is 14.5 Å². The van der Waals surface area contributed by atoms with Crippen LogP contribution in [0.3, 0.4) is 0 Å². The first-order valence-corrected chi connectivity index (χ1v) is 11.6. The van der Waals surface area contributed by atoms with Crippen LogP contribution in [0.25, 0.3) is 0 Å². The van der Waals surface area contributed by atoms with Crippen molar-refractivity contribution in [3.05, 3.63) is 65.7 Å². The highest BCUT2D eigenvalue weighted by molar-refractivity contribution is 5.79. The SMILES string of the molecule is CC(CCC(=O)NC(Cc1ccc(OCc2ccccc2)cc1)CN1CCOCC1)C(N)=O. The normalized spacial score (nSPS) is 16.0. The van der Waals surface area contributed by atoms with Crippen molar-refractivity contribution in [2.24, 2.45) is 11.7 Å². The Kier molecular flexibility index (Phi) is 9.72. The quantitative estimate of drug-likeness (QED) is 0.515. The van der Waals surface area contributed by atoms with Gasteiger partial charge < -0.3 is 20.5 Å². The molecule has 0 radical (unpaired) electrons. The molecule has 7 nitrogen and oxygen atoms in total. The van der Waals surface area contributed by atoms with E-state index < -0.39 is 0 Å². The van der Waals surface area contributed by atoms with Gasteiger partial charge >= 0.3 is 0 Å². The molecule has 2 amide bonds. The van der Waals surface area contributed by atoms with Gasteiger partial charge in [-0.1, -0.05) is 49.4 Å². The Balaban J connectivity index is 1.55. The average molecular weight is 454 g/mol. The summed E-state index contributed by atoms with van der Waals surface area (Å²) in [6, 6.07) is 18.1. The van der Waals surface area contributed by atoms with Crippen molar-refractivity contribution >= 4 is 11.8 Å². The number of rotatable bonds is 12. The van der Waals surface area contributed by atoms with E-state index in [9.17, 15) is 9.59 Å². The van der Waals surface area contributed by atoms with E-state index in [2.05, 4.69) is 10.2 Å². The molecule has 0 aliphatic carbocycles. The molecule has 0 aromatic heterocycles. The number of carbonyl (C=O) groups is 2. The van der Waals surface area contributed by atoms with Gasteiger partial charge in [0.1, 0.15) is 12.4 Å². The molecule has 33 heavy (non-hydrogen) atoms. The van der Waals surface area contributed by atoms with Crippen molar-refractivity contribution in [3.63, 3.8) is 0 Å². The van der Waals surface area contributed by atoms with E-state index in [1.807, 2.05) is 54.6 Å². The van der Waals surface area contributed by atoms with E-state index in [4.69, 9.17) is 15.2 Å². The lowest BCUT2D eigenvalue weighted by atomic mass is 10.0. The maximum Gasteiger partial charge on any atom is 0.220 e. The summed E-state index contributed by atoms with van der Waals surface area (Å²) in [6.45, 7) is 6.18. The number of hydrogen-bond donors (Lipinski definition) is 2. The molecule has 0 bridgehead atoms. The minimum Gasteiger partial charge on any atom is -0.489 e. The highest BCUT2D eigenvalue weighted by Crippen LogP contribution is 2.16. The lowest BCUT2D eigenvalue weighted by molar-refractivity contribution is -0.123. The number of carbonyl (C=O) groups excluding carboxylic acids is 2. The van der Waals surface area contributed by atoms with Crippen molar-refractivity contribution in [1.29, 1.82) is 0 Å². The molecule has 2 unspecified atom stereocenters. The minimum atomic E-state index is -0.373. The van der Waals surface area contributed by atoms with Gasteiger partial charge in [0.15, 0.2) is 0 Å². The number of primary amides is 1. The first-order chi connectivity index (χ1) is 16.0. The van der Waals surface area contributed by atoms with Crippen molar-refractivity contribution in [3.8, 4) is 5.75 Å². The number of hydrogen-bond acceptors (Lipinski definition) is 5. The van der Waals surface area contributed by atoms with Gasteiger partial charge in [-0.25, -0.2) is 0 Å². The Labute approximate surface area is 196 Å². The molecule has 1 fully saturated rings. The monoisotopic (exact) mass is 453 g/mol. The number of morpholine rings is 1. The Bertz CT molecular complexity index is 867. The van der Waals surface area contributed by atoms with E-state index in [1.54, 1.807) is 6.92 Å². The second kappa shape index (κ2) is 13.0. The Morgan fingerprint density at radius 2 is 1.76 bits per heavy atom. The molecular weight excluding hydrogens is 418 g/mol. The van der Waals surface area contributed by atoms with Crippen LogP contribution in [0.2, 0.25) is 0 Å². The van der Waals surface area contributed by atoms with Gasteiger partial charge in [-0.2, -0.15) is 0 Å². The molecule has 1 aliphatic heterocycles. The smallest absolute Gasteiger partial charge is 0.220 e. The minimum absolute atomic E-state index is 0.0319. The van der Waals surface area contributed by atoms with E-state index in [-0.39, 0.29) is 30.2 Å². The number of nitrogens with zero attached hydrogens (tertiary/aromatic N) is 1. The fourth-order valence-electron chi connectivity index (χ4n) is 3.79. The highest BCUT2D eigenvalue weighted by atomic mass is 16.5. The first kappa shape index (κ1) is 24.7. The molecule has 3 N–H and O–H groups in total. The Morgan fingerprint density at radius 3 is 2.42 bits per heavy atom. The average Bonchev–Trinajstić information content (AvgIpc) is 2.83. The third kappa shape index (κ3) is 8.86. The number of benzene rings is 2. The molecule has 1 saturated heterocycles. The second-order valence-corrected chi connectivity index (χ2v) is 8.64. The topological polar surface area (TPSA) is 93.9 Å². The molecule has 0 spiro atoms. The second-order valence-electron chi connectivity index (χ2n) is 8.64. The van der Waals surface area contributed by atoms with Crippen molar-refractivity contribution < 1.29 is 19.1 Å². The van der Waals surface area contributed by atoms with Gasteiger partial charge in [-0.05, 0) is 36.1 Å². The fourth-order valence-corrected chi connectivity index (χ4v) is 3.79. The maximum absolute atomic E-state index is 12.6. The first-order valence-electron chi connectivity index (χ1n) is 11.6. The van der Waals surface area contributed by atoms with Crippen molar-refractivity contribution in [1.82, 2.24) is 10.2 Å². The van der Waals surface area contributed by atoms with Gasteiger partial charge in [0.05, 0.1) is 13.2 Å². The molecular formula is C26H35N3O4. The summed E-state index contributed by atoms with van der Waals surface area (Å²) in [5.41, 5.74) is 7.57. The molecule has 2 atom stereocenters. The van der Waals surface area contributed by atoms with Gasteiger partial charge in [0, 0.05) is 38.0 Å². The molecule has 178 valence electrons. The fraction of sp³-hybridized carbons (Fsp3) is 0.462. The third-order valence-corrected chi connectivity index (χ3v) is 5.89. The predicted octanol–water partition coefficient (Wildman–Crippen LogP) is 2.53. The van der Waals surface area contributed by atoms with Crippen LogP contribution in [0.15, 0.2) is 54.6 Å². The number of ether oxygens (including phenoxy) is 2. The van der Waals surface area contributed by atoms with E-state index in [0.29, 0.717) is 32.7 Å². The van der Waals surface area contributed by atoms with E-state index in [1.165, 1.54) is 0 Å².